The first-order valence-corrected chi connectivity index (χ1v) is 16.3. The summed E-state index contributed by atoms with van der Waals surface area (Å²) in [6.07, 6.45) is 20.9. The van der Waals surface area contributed by atoms with Crippen molar-refractivity contribution in [3.05, 3.63) is 23.3 Å². The number of nitriles is 1. The lowest BCUT2D eigenvalue weighted by Gasteiger charge is -2.20. The second kappa shape index (κ2) is 22.1. The number of ether oxygens (including phenoxy) is 3. The summed E-state index contributed by atoms with van der Waals surface area (Å²) in [5.74, 6) is 0.186. The molecule has 39 heavy (non-hydrogen) atoms. The molecule has 0 aliphatic carbocycles. The van der Waals surface area contributed by atoms with E-state index in [2.05, 4.69) is 13.0 Å². The minimum Gasteiger partial charge on any atom is -0.495 e. The number of hydrogen-bond acceptors (Lipinski definition) is 6. The molecule has 0 heterocycles. The van der Waals surface area contributed by atoms with E-state index in [-0.39, 0.29) is 18.8 Å². The summed E-state index contributed by atoms with van der Waals surface area (Å²) < 4.78 is 32.6. The molecule has 0 amide bonds. The van der Waals surface area contributed by atoms with Gasteiger partial charge in [0.15, 0.2) is 0 Å². The lowest BCUT2D eigenvalue weighted by Crippen LogP contribution is -2.15. The molecule has 224 valence electrons. The zero-order chi connectivity index (χ0) is 28.8. The summed E-state index contributed by atoms with van der Waals surface area (Å²) in [5, 5.41) is 9.41. The molecule has 0 saturated carbocycles. The Morgan fingerprint density at radius 3 is 1.59 bits per heavy atom. The van der Waals surface area contributed by atoms with E-state index in [1.807, 2.05) is 0 Å². The van der Waals surface area contributed by atoms with Crippen molar-refractivity contribution in [2.24, 2.45) is 0 Å². The number of phosphoric acid groups is 1. The maximum absolute atomic E-state index is 11.3. The monoisotopic (exact) mass is 569 g/mol. The van der Waals surface area contributed by atoms with E-state index in [1.165, 1.54) is 104 Å². The highest BCUT2D eigenvalue weighted by molar-refractivity contribution is 7.46. The molecule has 9 heteroatoms. The van der Waals surface area contributed by atoms with E-state index in [9.17, 15) is 19.6 Å². The SMILES string of the molecule is CCCCCCCCCCCCCCCCCCOCC(COP(=O)(O)O)c1cc(OC)c(C#N)c(OC)c1. The minimum absolute atomic E-state index is 0.219. The zero-order valence-electron chi connectivity index (χ0n) is 24.5. The fourth-order valence-electron chi connectivity index (χ4n) is 4.68. The van der Waals surface area contributed by atoms with E-state index in [0.717, 1.165) is 12.8 Å². The summed E-state index contributed by atoms with van der Waals surface area (Å²) in [6, 6.07) is 5.38. The maximum atomic E-state index is 11.3. The Balaban J connectivity index is 2.27. The third-order valence-electron chi connectivity index (χ3n) is 7.02. The molecule has 1 aromatic rings. The van der Waals surface area contributed by atoms with Gasteiger partial charge in [-0.3, -0.25) is 4.52 Å². The van der Waals surface area contributed by atoms with E-state index in [1.54, 1.807) is 12.1 Å². The average Bonchev–Trinajstić information content (AvgIpc) is 2.92. The van der Waals surface area contributed by atoms with Gasteiger partial charge in [0.05, 0.1) is 27.4 Å². The van der Waals surface area contributed by atoms with E-state index in [4.69, 9.17) is 18.7 Å². The number of nitrogens with zero attached hydrogens (tertiary/aromatic N) is 1. The van der Waals surface area contributed by atoms with Gasteiger partial charge in [-0.05, 0) is 24.1 Å². The van der Waals surface area contributed by atoms with Crippen LogP contribution < -0.4 is 9.47 Å². The van der Waals surface area contributed by atoms with Gasteiger partial charge in [-0.15, -0.1) is 0 Å². The molecule has 1 unspecified atom stereocenters. The van der Waals surface area contributed by atoms with Gasteiger partial charge in [0.2, 0.25) is 0 Å². The van der Waals surface area contributed by atoms with Crippen molar-refractivity contribution in [2.75, 3.05) is 34.0 Å². The predicted molar refractivity (Wildman–Crippen MR) is 155 cm³/mol. The van der Waals surface area contributed by atoms with Gasteiger partial charge in [0, 0.05) is 12.5 Å². The molecule has 0 radical (unpaired) electrons. The second-order valence-electron chi connectivity index (χ2n) is 10.3. The zero-order valence-corrected chi connectivity index (χ0v) is 25.4. The Morgan fingerprint density at radius 1 is 0.769 bits per heavy atom. The van der Waals surface area contributed by atoms with Crippen LogP contribution in [0, 0.1) is 11.3 Å². The molecule has 0 spiro atoms. The molecule has 0 aliphatic rings. The molecule has 8 nitrogen and oxygen atoms in total. The summed E-state index contributed by atoms with van der Waals surface area (Å²) >= 11 is 0. The standard InChI is InChI=1S/C30H52NO7P/c1-4-5-6-7-8-9-10-11-12-13-14-15-16-17-18-19-20-37-24-27(25-38-39(32,33)34)26-21-29(35-2)28(23-31)30(22-26)36-3/h21-22,27H,4-20,24-25H2,1-3H3,(H2,32,33,34). The van der Waals surface area contributed by atoms with Crippen LogP contribution in [-0.2, 0) is 13.8 Å². The molecule has 1 atom stereocenters. The Bertz CT molecular complexity index is 827. The Kier molecular flexibility index (Phi) is 20.1. The van der Waals surface area contributed by atoms with Crippen LogP contribution >= 0.6 is 7.82 Å². The number of rotatable bonds is 25. The summed E-state index contributed by atoms with van der Waals surface area (Å²) in [5.41, 5.74) is 0.913. The van der Waals surface area contributed by atoms with Crippen molar-refractivity contribution >= 4 is 7.82 Å². The molecule has 1 rings (SSSR count). The highest BCUT2D eigenvalue weighted by atomic mass is 31.2. The molecule has 0 bridgehead atoms. The van der Waals surface area contributed by atoms with Crippen LogP contribution in [0.15, 0.2) is 12.1 Å². The largest absolute Gasteiger partial charge is 0.495 e. The molecule has 0 saturated heterocycles. The summed E-state index contributed by atoms with van der Waals surface area (Å²) in [7, 11) is -1.74. The van der Waals surface area contributed by atoms with Crippen molar-refractivity contribution in [3.63, 3.8) is 0 Å². The van der Waals surface area contributed by atoms with Crippen LogP contribution in [0.3, 0.4) is 0 Å². The Morgan fingerprint density at radius 2 is 1.21 bits per heavy atom. The first kappa shape index (κ1) is 35.4. The first-order chi connectivity index (χ1) is 18.9. The third kappa shape index (κ3) is 16.9. The number of hydrogen-bond donors (Lipinski definition) is 2. The van der Waals surface area contributed by atoms with Crippen molar-refractivity contribution < 1.29 is 33.1 Å². The molecule has 0 fully saturated rings. The van der Waals surface area contributed by atoms with Crippen LogP contribution in [0.1, 0.15) is 127 Å². The molecular formula is C30H52NO7P. The molecule has 0 aliphatic heterocycles. The van der Waals surface area contributed by atoms with Gasteiger partial charge in [0.1, 0.15) is 23.1 Å². The average molecular weight is 570 g/mol. The topological polar surface area (TPSA) is 118 Å². The number of unbranched alkanes of at least 4 members (excludes halogenated alkanes) is 15. The van der Waals surface area contributed by atoms with E-state index < -0.39 is 13.7 Å². The van der Waals surface area contributed by atoms with Gasteiger partial charge < -0.3 is 24.0 Å². The fourth-order valence-corrected chi connectivity index (χ4v) is 5.06. The maximum Gasteiger partial charge on any atom is 0.469 e. The number of benzene rings is 1. The lowest BCUT2D eigenvalue weighted by atomic mass is 9.98. The van der Waals surface area contributed by atoms with Gasteiger partial charge in [-0.2, -0.15) is 5.26 Å². The fraction of sp³-hybridized carbons (Fsp3) is 0.767. The van der Waals surface area contributed by atoms with Crippen molar-refractivity contribution in [1.82, 2.24) is 0 Å². The summed E-state index contributed by atoms with van der Waals surface area (Å²) in [6.45, 7) is 2.81. The molecule has 2 N–H and O–H groups in total. The van der Waals surface area contributed by atoms with Crippen LogP contribution in [-0.4, -0.2) is 43.8 Å². The first-order valence-electron chi connectivity index (χ1n) is 14.8. The van der Waals surface area contributed by atoms with Crippen LogP contribution in [0.5, 0.6) is 11.5 Å². The third-order valence-corrected chi connectivity index (χ3v) is 7.50. The summed E-state index contributed by atoms with van der Waals surface area (Å²) in [4.78, 5) is 18.4. The normalized spacial score (nSPS) is 12.3. The second-order valence-corrected chi connectivity index (χ2v) is 11.5. The highest BCUT2D eigenvalue weighted by Crippen LogP contribution is 2.39. The van der Waals surface area contributed by atoms with Gasteiger partial charge in [-0.1, -0.05) is 103 Å². The predicted octanol–water partition coefficient (Wildman–Crippen LogP) is 8.05. The van der Waals surface area contributed by atoms with Gasteiger partial charge in [-0.25, -0.2) is 4.57 Å². The van der Waals surface area contributed by atoms with Crippen molar-refractivity contribution in [1.29, 1.82) is 5.26 Å². The molecular weight excluding hydrogens is 517 g/mol. The van der Waals surface area contributed by atoms with Crippen LogP contribution in [0.4, 0.5) is 0 Å². The Labute approximate surface area is 236 Å². The Hall–Kier alpha value is -1.62. The van der Waals surface area contributed by atoms with Crippen LogP contribution in [0.2, 0.25) is 0 Å². The minimum atomic E-state index is -4.64. The van der Waals surface area contributed by atoms with E-state index in [0.29, 0.717) is 23.7 Å². The lowest BCUT2D eigenvalue weighted by molar-refractivity contribution is 0.0923. The number of methoxy groups -OCH3 is 2. The van der Waals surface area contributed by atoms with Gasteiger partial charge in [0.25, 0.3) is 0 Å². The quantitative estimate of drug-likeness (QED) is 0.0897. The highest BCUT2D eigenvalue weighted by Gasteiger charge is 2.23. The van der Waals surface area contributed by atoms with Crippen molar-refractivity contribution in [2.45, 2.75) is 116 Å². The molecule has 1 aromatic carbocycles. The molecule has 0 aromatic heterocycles. The number of phosphoric ester groups is 1. The smallest absolute Gasteiger partial charge is 0.469 e. The van der Waals surface area contributed by atoms with Gasteiger partial charge >= 0.3 is 7.82 Å². The van der Waals surface area contributed by atoms with Crippen LogP contribution in [0.25, 0.3) is 0 Å². The van der Waals surface area contributed by atoms with E-state index >= 15 is 0 Å². The van der Waals surface area contributed by atoms with Crippen molar-refractivity contribution in [3.8, 4) is 17.6 Å².